The third kappa shape index (κ3) is 3.22. The van der Waals surface area contributed by atoms with Crippen LogP contribution in [0.25, 0.3) is 11.1 Å². The van der Waals surface area contributed by atoms with Crippen LogP contribution in [0.3, 0.4) is 0 Å². The van der Waals surface area contributed by atoms with Crippen LogP contribution in [0, 0.1) is 6.08 Å². The number of halogens is 2. The molecule has 2 aliphatic rings. The predicted octanol–water partition coefficient (Wildman–Crippen LogP) is -1.50. The third-order valence-electron chi connectivity index (χ3n) is 4.16. The zero-order valence-corrected chi connectivity index (χ0v) is 16.6. The van der Waals surface area contributed by atoms with Crippen LogP contribution in [0.4, 0.5) is 0 Å². The van der Waals surface area contributed by atoms with Gasteiger partial charge in [-0.1, -0.05) is 36.4 Å². The first-order valence-corrected chi connectivity index (χ1v) is 6.93. The molecule has 2 aliphatic carbocycles. The first kappa shape index (κ1) is 20.2. The van der Waals surface area contributed by atoms with Gasteiger partial charge in [0.05, 0.1) is 7.11 Å². The summed E-state index contributed by atoms with van der Waals surface area (Å²) in [5.41, 5.74) is 6.51. The molecule has 0 N–H and O–H groups in total. The fourth-order valence-electron chi connectivity index (χ4n) is 3.35. The van der Waals surface area contributed by atoms with Gasteiger partial charge in [0.1, 0.15) is 5.75 Å². The molecule has 0 heterocycles. The van der Waals surface area contributed by atoms with Crippen molar-refractivity contribution in [3.63, 3.8) is 0 Å². The molecule has 1 radical (unpaired) electrons. The monoisotopic (exact) mass is 419 g/mol. The number of methoxy groups -OCH3 is 1. The van der Waals surface area contributed by atoms with E-state index in [1.165, 1.54) is 27.8 Å². The number of rotatable bonds is 2. The van der Waals surface area contributed by atoms with Crippen molar-refractivity contribution in [2.24, 2.45) is 0 Å². The predicted molar refractivity (Wildman–Crippen MR) is 80.8 cm³/mol. The molecular weight excluding hydrogens is 406 g/mol. The van der Waals surface area contributed by atoms with Gasteiger partial charge in [0.2, 0.25) is 0 Å². The molecule has 0 aliphatic heterocycles. The first-order valence-electron chi connectivity index (χ1n) is 6.93. The molecule has 0 aromatic heterocycles. The average Bonchev–Trinajstić information content (AvgIpc) is 3.11. The van der Waals surface area contributed by atoms with Crippen LogP contribution >= 0.6 is 0 Å². The Bertz CT molecular complexity index is 753. The molecule has 1 atom stereocenters. The van der Waals surface area contributed by atoms with E-state index in [0.717, 1.165) is 12.2 Å². The molecular formula is C19H15Cl2OZr. The Kier molecular flexibility index (Phi) is 7.33. The van der Waals surface area contributed by atoms with E-state index in [2.05, 4.69) is 54.6 Å². The minimum Gasteiger partial charge on any atom is -1.00 e. The molecule has 2 aromatic rings. The summed E-state index contributed by atoms with van der Waals surface area (Å²) in [6.07, 6.45) is 8.79. The van der Waals surface area contributed by atoms with Crippen molar-refractivity contribution >= 4 is 0 Å². The summed E-state index contributed by atoms with van der Waals surface area (Å²) in [6, 6.07) is 15.0. The maximum atomic E-state index is 5.58. The number of fused-ring (bicyclic) bond motifs is 3. The summed E-state index contributed by atoms with van der Waals surface area (Å²) in [4.78, 5) is 0. The summed E-state index contributed by atoms with van der Waals surface area (Å²) >= 11 is 0. The Morgan fingerprint density at radius 2 is 1.74 bits per heavy atom. The molecule has 4 rings (SSSR count). The van der Waals surface area contributed by atoms with Gasteiger partial charge in [0, 0.05) is 11.5 Å². The summed E-state index contributed by atoms with van der Waals surface area (Å²) < 4.78 is 5.58. The van der Waals surface area contributed by atoms with Gasteiger partial charge in [-0.2, -0.15) is 6.08 Å². The van der Waals surface area contributed by atoms with E-state index in [1.807, 2.05) is 6.07 Å². The van der Waals surface area contributed by atoms with E-state index >= 15 is 0 Å². The molecule has 0 saturated carbocycles. The Labute approximate surface area is 168 Å². The summed E-state index contributed by atoms with van der Waals surface area (Å²) in [5.74, 6) is 1.26. The molecule has 0 amide bonds. The minimum atomic E-state index is 0. The number of hydrogen-bond donors (Lipinski definition) is 0. The van der Waals surface area contributed by atoms with Crippen molar-refractivity contribution in [1.29, 1.82) is 0 Å². The number of hydrogen-bond acceptors (Lipinski definition) is 1. The Morgan fingerprint density at radius 3 is 2.43 bits per heavy atom. The second kappa shape index (κ2) is 8.33. The molecule has 0 saturated heterocycles. The topological polar surface area (TPSA) is 9.23 Å². The van der Waals surface area contributed by atoms with Gasteiger partial charge in [-0.25, -0.2) is 11.6 Å². The molecule has 23 heavy (non-hydrogen) atoms. The van der Waals surface area contributed by atoms with Gasteiger partial charge in [0.25, 0.3) is 0 Å². The van der Waals surface area contributed by atoms with Gasteiger partial charge < -0.3 is 29.6 Å². The summed E-state index contributed by atoms with van der Waals surface area (Å²) in [7, 11) is 1.74. The van der Waals surface area contributed by atoms with Crippen LogP contribution in [0.1, 0.15) is 23.5 Å². The van der Waals surface area contributed by atoms with Gasteiger partial charge in [-0.05, 0) is 22.8 Å². The molecule has 4 heteroatoms. The standard InChI is InChI=1S/C19H15O.2ClH.Zr/c1-20-17-12-6-11-16-18(13-7-2-3-8-13)14-9-4-5-10-15(14)19(16)17;;;/h2,4-7,9-12,18H,3H2,1H3;2*1H;/q-1;;;+3/p-2. The normalized spacial score (nSPS) is 16.2. The second-order valence-electron chi connectivity index (χ2n) is 5.18. The van der Waals surface area contributed by atoms with Crippen molar-refractivity contribution in [3.8, 4) is 16.9 Å². The van der Waals surface area contributed by atoms with Crippen LogP contribution in [0.5, 0.6) is 5.75 Å². The van der Waals surface area contributed by atoms with E-state index in [1.54, 1.807) is 7.11 Å². The number of benzene rings is 2. The van der Waals surface area contributed by atoms with Crippen molar-refractivity contribution in [2.75, 3.05) is 7.11 Å². The van der Waals surface area contributed by atoms with E-state index in [9.17, 15) is 0 Å². The van der Waals surface area contributed by atoms with Crippen LogP contribution < -0.4 is 29.6 Å². The van der Waals surface area contributed by atoms with E-state index in [4.69, 9.17) is 4.74 Å². The largest absolute Gasteiger partial charge is 3.00 e. The second-order valence-corrected chi connectivity index (χ2v) is 5.18. The third-order valence-corrected chi connectivity index (χ3v) is 4.16. The van der Waals surface area contributed by atoms with Gasteiger partial charge in [-0.3, -0.25) is 6.08 Å². The fourth-order valence-corrected chi connectivity index (χ4v) is 3.35. The van der Waals surface area contributed by atoms with Crippen molar-refractivity contribution in [1.82, 2.24) is 0 Å². The van der Waals surface area contributed by atoms with Crippen LogP contribution in [-0.4, -0.2) is 7.11 Å². The molecule has 0 fully saturated rings. The molecule has 2 aromatic carbocycles. The minimum absolute atomic E-state index is 0. The number of allylic oxidation sites excluding steroid dienone is 4. The van der Waals surface area contributed by atoms with Crippen LogP contribution in [-0.2, 0) is 26.2 Å². The van der Waals surface area contributed by atoms with E-state index in [0.29, 0.717) is 5.92 Å². The average molecular weight is 421 g/mol. The first-order chi connectivity index (χ1) is 9.90. The van der Waals surface area contributed by atoms with Crippen LogP contribution in [0.2, 0.25) is 0 Å². The maximum Gasteiger partial charge on any atom is 3.00 e. The maximum absolute atomic E-state index is 5.58. The molecule has 1 unspecified atom stereocenters. The Hall–Kier alpha value is -0.817. The van der Waals surface area contributed by atoms with Crippen LogP contribution in [0.15, 0.2) is 60.2 Å². The van der Waals surface area contributed by atoms with E-state index < -0.39 is 0 Å². The van der Waals surface area contributed by atoms with Gasteiger partial charge >= 0.3 is 26.2 Å². The van der Waals surface area contributed by atoms with Crippen molar-refractivity contribution < 1.29 is 55.8 Å². The molecule has 115 valence electrons. The quantitative estimate of drug-likeness (QED) is 0.537. The molecule has 0 bridgehead atoms. The van der Waals surface area contributed by atoms with Gasteiger partial charge in [0.15, 0.2) is 0 Å². The van der Waals surface area contributed by atoms with Crippen molar-refractivity contribution in [3.05, 3.63) is 77.4 Å². The summed E-state index contributed by atoms with van der Waals surface area (Å²) in [6.45, 7) is 0. The zero-order valence-electron chi connectivity index (χ0n) is 12.6. The number of ether oxygens (including phenoxy) is 1. The Morgan fingerprint density at radius 1 is 1.00 bits per heavy atom. The molecule has 0 spiro atoms. The molecule has 1 nitrogen and oxygen atoms in total. The SMILES string of the molecule is COc1cccc2c1-c1ccccc1C2C1=[C-]CC=C1.[Cl-].[Cl-].[Zr+3]. The Balaban J connectivity index is 0.000000882. The fraction of sp³-hybridized carbons (Fsp3) is 0.158. The smallest absolute Gasteiger partial charge is 1.00 e. The summed E-state index contributed by atoms with van der Waals surface area (Å²) in [5, 5.41) is 0. The van der Waals surface area contributed by atoms with Crippen molar-refractivity contribution in [2.45, 2.75) is 12.3 Å². The van der Waals surface area contributed by atoms with Gasteiger partial charge in [-0.15, -0.1) is 6.42 Å². The van der Waals surface area contributed by atoms with E-state index in [-0.39, 0.29) is 51.0 Å². The zero-order chi connectivity index (χ0) is 13.5.